The summed E-state index contributed by atoms with van der Waals surface area (Å²) in [5, 5.41) is 0.902. The van der Waals surface area contributed by atoms with Gasteiger partial charge in [-0.15, -0.1) is 0 Å². The minimum atomic E-state index is -0.266. The fourth-order valence-electron chi connectivity index (χ4n) is 0.704. The highest BCUT2D eigenvalue weighted by molar-refractivity contribution is 6.65. The predicted molar refractivity (Wildman–Crippen MR) is 47.1 cm³/mol. The van der Waals surface area contributed by atoms with Gasteiger partial charge in [-0.3, -0.25) is 9.59 Å². The molecule has 0 N–H and O–H groups in total. The van der Waals surface area contributed by atoms with Crippen molar-refractivity contribution in [3.63, 3.8) is 0 Å². The summed E-state index contributed by atoms with van der Waals surface area (Å²) in [6.07, 6.45) is 0. The molecule has 0 heterocycles. The summed E-state index contributed by atoms with van der Waals surface area (Å²) in [6, 6.07) is 0. The second-order valence-corrected chi connectivity index (χ2v) is 4.16. The first kappa shape index (κ1) is 9.77. The Morgan fingerprint density at radius 2 is 0.750 bits per heavy atom. The van der Waals surface area contributed by atoms with Crippen LogP contribution >= 0.6 is 0 Å². The van der Waals surface area contributed by atoms with Crippen molar-refractivity contribution in [1.82, 2.24) is 0 Å². The van der Waals surface area contributed by atoms with Crippen LogP contribution in [0.25, 0.3) is 0 Å². The Hall–Kier alpha value is -0.312. The summed E-state index contributed by atoms with van der Waals surface area (Å²) in [7, 11) is 12.2. The third kappa shape index (κ3) is 1.30. The van der Waals surface area contributed by atoms with Gasteiger partial charge in [-0.1, -0.05) is 0 Å². The minimum absolute atomic E-state index is 0.226. The van der Waals surface area contributed by atoms with Crippen LogP contribution in [0.3, 0.4) is 0 Å². The van der Waals surface area contributed by atoms with E-state index >= 15 is 0 Å². The molecule has 0 aromatic heterocycles. The molecule has 52 valence electrons. The van der Waals surface area contributed by atoms with Crippen molar-refractivity contribution in [2.45, 2.75) is 0 Å². The minimum Gasteiger partial charge on any atom is -0.290 e. The zero-order chi connectivity index (χ0) is 9.46. The van der Waals surface area contributed by atoms with Crippen molar-refractivity contribution < 1.29 is 9.59 Å². The molecule has 0 unspecified atom stereocenters. The van der Waals surface area contributed by atoms with E-state index in [9.17, 15) is 9.59 Å². The number of hydrogen-bond donors (Lipinski definition) is 0. The quantitative estimate of drug-likeness (QED) is 0.355. The number of rotatable bonds is 0. The number of hydrogen-bond acceptors (Lipinski definition) is 2. The zero-order valence-electron chi connectivity index (χ0n) is 5.82. The SMILES string of the molecule is O=C1C([Si])=C([Si])C(=O)C([Si])=C1[Si]. The summed E-state index contributed by atoms with van der Waals surface area (Å²) in [5.74, 6) is -0.532. The molecule has 1 rings (SSSR count). The molecule has 6 heteroatoms. The normalized spacial score (nSPS) is 19.3. The first-order chi connectivity index (χ1) is 5.46. The van der Waals surface area contributed by atoms with E-state index < -0.39 is 0 Å². The molecule has 0 saturated carbocycles. The summed E-state index contributed by atoms with van der Waals surface area (Å²) >= 11 is 0. The fourth-order valence-corrected chi connectivity index (χ4v) is 1.91. The van der Waals surface area contributed by atoms with Crippen molar-refractivity contribution in [2.75, 3.05) is 0 Å². The van der Waals surface area contributed by atoms with Gasteiger partial charge in [0.15, 0.2) is 11.6 Å². The Morgan fingerprint density at radius 3 is 0.917 bits per heavy atom. The first-order valence-electron chi connectivity index (χ1n) is 2.91. The molecule has 0 atom stereocenters. The molecule has 0 saturated heterocycles. The van der Waals surface area contributed by atoms with Gasteiger partial charge in [0.05, 0.1) is 41.0 Å². The highest BCUT2D eigenvalue weighted by Gasteiger charge is 2.24. The molecule has 0 aliphatic heterocycles. The van der Waals surface area contributed by atoms with Gasteiger partial charge in [0.1, 0.15) is 0 Å². The van der Waals surface area contributed by atoms with E-state index in [0.717, 1.165) is 0 Å². The van der Waals surface area contributed by atoms with Crippen molar-refractivity contribution in [3.05, 3.63) is 20.8 Å². The van der Waals surface area contributed by atoms with Crippen molar-refractivity contribution >= 4 is 52.5 Å². The Bertz CT molecular complexity index is 277. The van der Waals surface area contributed by atoms with Gasteiger partial charge in [0, 0.05) is 0 Å². The van der Waals surface area contributed by atoms with E-state index in [1.165, 1.54) is 0 Å². The van der Waals surface area contributed by atoms with Crippen LogP contribution in [0.4, 0.5) is 0 Å². The molecule has 0 bridgehead atoms. The molecule has 12 radical (unpaired) electrons. The largest absolute Gasteiger partial charge is 0.290 e. The summed E-state index contributed by atoms with van der Waals surface area (Å²) < 4.78 is 0. The average Bonchev–Trinajstić information content (AvgIpc) is 2.08. The van der Waals surface area contributed by atoms with E-state index in [1.54, 1.807) is 0 Å². The van der Waals surface area contributed by atoms with Gasteiger partial charge < -0.3 is 0 Å². The van der Waals surface area contributed by atoms with Crippen molar-refractivity contribution in [3.8, 4) is 0 Å². The third-order valence-electron chi connectivity index (χ3n) is 1.41. The lowest BCUT2D eigenvalue weighted by atomic mass is 10.1. The van der Waals surface area contributed by atoms with Gasteiger partial charge >= 0.3 is 0 Å². The number of Topliss-reactive ketones (excluding diaryl/α,β-unsaturated/α-hetero) is 2. The maximum atomic E-state index is 11.3. The van der Waals surface area contributed by atoms with Crippen molar-refractivity contribution in [1.29, 1.82) is 0 Å². The molecule has 0 amide bonds. The van der Waals surface area contributed by atoms with E-state index in [2.05, 4.69) is 41.0 Å². The van der Waals surface area contributed by atoms with Crippen LogP contribution in [0.5, 0.6) is 0 Å². The monoisotopic (exact) mass is 216 g/mol. The molecule has 0 aromatic carbocycles. The molecule has 0 aromatic rings. The Morgan fingerprint density at radius 1 is 0.583 bits per heavy atom. The van der Waals surface area contributed by atoms with Gasteiger partial charge in [-0.2, -0.15) is 0 Å². The maximum Gasteiger partial charge on any atom is 0.175 e. The fraction of sp³-hybridized carbons (Fsp3) is 0. The Labute approximate surface area is 83.2 Å². The number of allylic oxidation sites excluding steroid dienone is 4. The summed E-state index contributed by atoms with van der Waals surface area (Å²) in [6.45, 7) is 0. The van der Waals surface area contributed by atoms with Crippen LogP contribution in [0.1, 0.15) is 0 Å². The van der Waals surface area contributed by atoms with Gasteiger partial charge in [-0.25, -0.2) is 0 Å². The molecule has 1 aliphatic rings. The van der Waals surface area contributed by atoms with E-state index in [-0.39, 0.29) is 32.4 Å². The third-order valence-corrected chi connectivity index (χ3v) is 3.82. The van der Waals surface area contributed by atoms with E-state index in [1.807, 2.05) is 0 Å². The van der Waals surface area contributed by atoms with Gasteiger partial charge in [0.2, 0.25) is 0 Å². The smallest absolute Gasteiger partial charge is 0.175 e. The molecule has 12 heavy (non-hydrogen) atoms. The second kappa shape index (κ2) is 3.21. The van der Waals surface area contributed by atoms with Crippen LogP contribution in [0.15, 0.2) is 20.8 Å². The van der Waals surface area contributed by atoms with Crippen LogP contribution in [-0.2, 0) is 9.59 Å². The Balaban J connectivity index is 3.32. The Kier molecular flexibility index (Phi) is 2.61. The molecule has 0 spiro atoms. The lowest BCUT2D eigenvalue weighted by molar-refractivity contribution is -0.114. The second-order valence-electron chi connectivity index (χ2n) is 2.16. The topological polar surface area (TPSA) is 34.1 Å². The van der Waals surface area contributed by atoms with Crippen LogP contribution in [-0.4, -0.2) is 52.5 Å². The lowest BCUT2D eigenvalue weighted by Gasteiger charge is -2.15. The van der Waals surface area contributed by atoms with Crippen molar-refractivity contribution in [2.24, 2.45) is 0 Å². The van der Waals surface area contributed by atoms with Gasteiger partial charge in [-0.05, 0) is 20.8 Å². The molecular formula is C6O2Si4. The highest BCUT2D eigenvalue weighted by atomic mass is 28.2. The molecular weight excluding hydrogens is 216 g/mol. The van der Waals surface area contributed by atoms with E-state index in [0.29, 0.717) is 0 Å². The highest BCUT2D eigenvalue weighted by Crippen LogP contribution is 2.16. The maximum absolute atomic E-state index is 11.3. The standard InChI is InChI=1S/C6O2Si4/c7-1-3(9)5(11)2(8)6(12)4(1)10. The summed E-state index contributed by atoms with van der Waals surface area (Å²) in [5.41, 5.74) is 0. The van der Waals surface area contributed by atoms with Gasteiger partial charge in [0.25, 0.3) is 0 Å². The van der Waals surface area contributed by atoms with Crippen LogP contribution in [0, 0.1) is 0 Å². The van der Waals surface area contributed by atoms with Crippen LogP contribution < -0.4 is 0 Å². The molecule has 1 aliphatic carbocycles. The molecule has 2 nitrogen and oxygen atoms in total. The number of ketones is 2. The van der Waals surface area contributed by atoms with E-state index in [4.69, 9.17) is 0 Å². The zero-order valence-corrected chi connectivity index (χ0v) is 9.82. The first-order valence-corrected chi connectivity index (χ1v) is 4.91. The number of carbonyl (C=O) groups excluding carboxylic acids is 2. The number of carbonyl (C=O) groups is 2. The van der Waals surface area contributed by atoms with Crippen LogP contribution in [0.2, 0.25) is 0 Å². The predicted octanol–water partition coefficient (Wildman–Crippen LogP) is -1.76. The lowest BCUT2D eigenvalue weighted by Crippen LogP contribution is -2.24. The summed E-state index contributed by atoms with van der Waals surface area (Å²) in [4.78, 5) is 22.5. The molecule has 0 fully saturated rings. The average molecular weight is 216 g/mol.